The normalized spacial score (nSPS) is 11.9. The third-order valence-electron chi connectivity index (χ3n) is 1.57. The van der Waals surface area contributed by atoms with Gasteiger partial charge in [0.25, 0.3) is 5.96 Å². The quantitative estimate of drug-likeness (QED) is 0.219. The second-order valence-corrected chi connectivity index (χ2v) is 3.10. The van der Waals surface area contributed by atoms with Crippen molar-refractivity contribution in [3.8, 4) is 0 Å². The molecule has 0 radical (unpaired) electrons. The van der Waals surface area contributed by atoms with Crippen LogP contribution in [0.1, 0.15) is 6.42 Å². The van der Waals surface area contributed by atoms with Gasteiger partial charge in [-0.3, -0.25) is 10.2 Å². The highest BCUT2D eigenvalue weighted by molar-refractivity contribution is 5.76. The summed E-state index contributed by atoms with van der Waals surface area (Å²) >= 11 is 0. The predicted molar refractivity (Wildman–Crippen MR) is 53.4 cm³/mol. The minimum Gasteiger partial charge on any atom is -0.363 e. The maximum Gasteiger partial charge on any atom is 0.284 e. The summed E-state index contributed by atoms with van der Waals surface area (Å²) in [5.74, 6) is -0.388. The van der Waals surface area contributed by atoms with Crippen molar-refractivity contribution in [2.75, 3.05) is 27.2 Å². The molecule has 9 nitrogen and oxygen atoms in total. The van der Waals surface area contributed by atoms with Gasteiger partial charge in [-0.05, 0) is 27.1 Å². The zero-order chi connectivity index (χ0) is 11.8. The monoisotopic (exact) mass is 220 g/mol. The first kappa shape index (κ1) is 13.5. The lowest BCUT2D eigenvalue weighted by atomic mass is 10.4. The minimum atomic E-state index is -0.925. The van der Waals surface area contributed by atoms with E-state index in [-0.39, 0.29) is 5.96 Å². The lowest BCUT2D eigenvalue weighted by Crippen LogP contribution is -2.46. The molecule has 0 aliphatic carbocycles. The van der Waals surface area contributed by atoms with Crippen molar-refractivity contribution in [2.24, 2.45) is 10.8 Å². The fourth-order valence-electron chi connectivity index (χ4n) is 0.898. The Morgan fingerprint density at radius 1 is 1.60 bits per heavy atom. The number of hydrazone groups is 1. The van der Waals surface area contributed by atoms with Crippen LogP contribution in [0.3, 0.4) is 0 Å². The zero-order valence-electron chi connectivity index (χ0n) is 8.75. The molecule has 0 aromatic rings. The Hall–Kier alpha value is -1.45. The van der Waals surface area contributed by atoms with E-state index in [1.165, 1.54) is 0 Å². The van der Waals surface area contributed by atoms with Crippen LogP contribution < -0.4 is 11.3 Å². The molecule has 0 spiro atoms. The lowest BCUT2D eigenvalue weighted by molar-refractivity contribution is -0.486. The van der Waals surface area contributed by atoms with Gasteiger partial charge in [-0.15, -0.1) is 5.59 Å². The fourth-order valence-corrected chi connectivity index (χ4v) is 0.898. The smallest absolute Gasteiger partial charge is 0.284 e. The van der Waals surface area contributed by atoms with Crippen LogP contribution >= 0.6 is 0 Å². The van der Waals surface area contributed by atoms with Crippen molar-refractivity contribution in [1.29, 1.82) is 0 Å². The predicted octanol–water partition coefficient (Wildman–Crippen LogP) is -1.36. The Bertz CT molecular complexity index is 231. The molecule has 0 saturated heterocycles. The Labute approximate surface area is 87.2 Å². The molecule has 0 fully saturated rings. The number of nitro groups is 1. The highest BCUT2D eigenvalue weighted by Gasteiger charge is 2.10. The maximum absolute atomic E-state index is 10.0. The number of hydrazine groups is 1. The molecule has 15 heavy (non-hydrogen) atoms. The van der Waals surface area contributed by atoms with Crippen molar-refractivity contribution in [3.63, 3.8) is 0 Å². The van der Waals surface area contributed by atoms with Crippen molar-refractivity contribution < 1.29 is 10.2 Å². The molecule has 0 unspecified atom stereocenters. The summed E-state index contributed by atoms with van der Waals surface area (Å²) in [5, 5.41) is 21.6. The molecule has 0 atom stereocenters. The van der Waals surface area contributed by atoms with Crippen LogP contribution in [0, 0.1) is 10.1 Å². The largest absolute Gasteiger partial charge is 0.363 e. The first-order valence-corrected chi connectivity index (χ1v) is 4.28. The third kappa shape index (κ3) is 6.60. The average molecular weight is 220 g/mol. The summed E-state index contributed by atoms with van der Waals surface area (Å²) in [6, 6.07) is 0. The number of hydrogen-bond donors (Lipinski definition) is 3. The Kier molecular flexibility index (Phi) is 6.25. The summed E-state index contributed by atoms with van der Waals surface area (Å²) in [6.07, 6.45) is 0.675. The van der Waals surface area contributed by atoms with Crippen molar-refractivity contribution in [3.05, 3.63) is 10.1 Å². The van der Waals surface area contributed by atoms with E-state index in [0.29, 0.717) is 13.0 Å². The molecule has 88 valence electrons. The molecule has 4 N–H and O–H groups in total. The van der Waals surface area contributed by atoms with Gasteiger partial charge in [-0.25, -0.2) is 10.1 Å². The number of nitrogens with one attached hydrogen (secondary N) is 1. The van der Waals surface area contributed by atoms with Crippen LogP contribution in [0.4, 0.5) is 0 Å². The number of guanidine groups is 1. The highest BCUT2D eigenvalue weighted by atomic mass is 16.7. The Balaban J connectivity index is 4.07. The summed E-state index contributed by atoms with van der Waals surface area (Å²) in [5.41, 5.74) is 6.98. The summed E-state index contributed by atoms with van der Waals surface area (Å²) < 4.78 is 0. The molecule has 0 amide bonds. The van der Waals surface area contributed by atoms with Gasteiger partial charge >= 0.3 is 0 Å². The van der Waals surface area contributed by atoms with Crippen LogP contribution in [0.15, 0.2) is 5.10 Å². The van der Waals surface area contributed by atoms with E-state index in [1.54, 1.807) is 5.59 Å². The standard InChI is InChI=1S/C6H16N6O3/c1-10(2)4-3-5-11(9-13)6(7)8-12(14)15/h9,13H,3-5H2,1-2H3,(H2,7,8). The van der Waals surface area contributed by atoms with Crippen LogP contribution in [0.2, 0.25) is 0 Å². The van der Waals surface area contributed by atoms with Gasteiger partial charge in [-0.2, -0.15) is 0 Å². The molecule has 0 aromatic carbocycles. The molecular weight excluding hydrogens is 204 g/mol. The van der Waals surface area contributed by atoms with Gasteiger partial charge in [0.05, 0.1) is 0 Å². The number of nitrogens with two attached hydrogens (primary N) is 1. The first-order valence-electron chi connectivity index (χ1n) is 4.28. The molecule has 9 heteroatoms. The van der Waals surface area contributed by atoms with E-state index >= 15 is 0 Å². The van der Waals surface area contributed by atoms with Gasteiger partial charge in [0.15, 0.2) is 5.03 Å². The molecule has 0 aliphatic rings. The van der Waals surface area contributed by atoms with E-state index < -0.39 is 5.03 Å². The molecule has 0 saturated carbocycles. The topological polar surface area (TPSA) is 120 Å². The van der Waals surface area contributed by atoms with Crippen molar-refractivity contribution in [2.45, 2.75) is 6.42 Å². The third-order valence-corrected chi connectivity index (χ3v) is 1.57. The molecule has 0 aliphatic heterocycles. The molecular formula is C6H16N6O3. The van der Waals surface area contributed by atoms with E-state index in [9.17, 15) is 10.1 Å². The van der Waals surface area contributed by atoms with E-state index in [4.69, 9.17) is 10.9 Å². The number of nitrogens with zero attached hydrogens (tertiary/aromatic N) is 4. The minimum absolute atomic E-state index is 0.317. The lowest BCUT2D eigenvalue weighted by Gasteiger charge is -2.19. The van der Waals surface area contributed by atoms with Gasteiger partial charge in [-0.1, -0.05) is 0 Å². The summed E-state index contributed by atoms with van der Waals surface area (Å²) in [7, 11) is 3.79. The van der Waals surface area contributed by atoms with Gasteiger partial charge < -0.3 is 10.6 Å². The van der Waals surface area contributed by atoms with Crippen molar-refractivity contribution in [1.82, 2.24) is 15.5 Å². The van der Waals surface area contributed by atoms with E-state index in [0.717, 1.165) is 11.6 Å². The van der Waals surface area contributed by atoms with Crippen LogP contribution in [-0.2, 0) is 0 Å². The van der Waals surface area contributed by atoms with Crippen molar-refractivity contribution >= 4 is 5.96 Å². The summed E-state index contributed by atoms with van der Waals surface area (Å²) in [4.78, 5) is 11.9. The van der Waals surface area contributed by atoms with Crippen LogP contribution in [0.25, 0.3) is 0 Å². The SMILES string of the molecule is CN(C)CCCN(NO)C(N)=N[N+](=O)[O-]. The second-order valence-electron chi connectivity index (χ2n) is 3.10. The van der Waals surface area contributed by atoms with Crippen LogP contribution in [0.5, 0.6) is 0 Å². The van der Waals surface area contributed by atoms with Gasteiger partial charge in [0.1, 0.15) is 5.10 Å². The molecule has 0 bridgehead atoms. The maximum atomic E-state index is 10.0. The summed E-state index contributed by atoms with van der Waals surface area (Å²) in [6.45, 7) is 1.09. The zero-order valence-corrected chi connectivity index (χ0v) is 8.75. The van der Waals surface area contributed by atoms with Crippen LogP contribution in [-0.4, -0.2) is 53.3 Å². The Morgan fingerprint density at radius 2 is 2.20 bits per heavy atom. The van der Waals surface area contributed by atoms with E-state index in [2.05, 4.69) is 5.10 Å². The van der Waals surface area contributed by atoms with Gasteiger partial charge in [0, 0.05) is 6.54 Å². The van der Waals surface area contributed by atoms with Gasteiger partial charge in [0.2, 0.25) is 0 Å². The fraction of sp³-hybridized carbons (Fsp3) is 0.833. The number of hydrogen-bond acceptors (Lipinski definition) is 5. The Morgan fingerprint density at radius 3 is 2.60 bits per heavy atom. The first-order chi connectivity index (χ1) is 6.97. The average Bonchev–Trinajstić information content (AvgIpc) is 2.10. The molecule has 0 rings (SSSR count). The second kappa shape index (κ2) is 6.92. The molecule has 0 heterocycles. The highest BCUT2D eigenvalue weighted by Crippen LogP contribution is 1.89. The van der Waals surface area contributed by atoms with E-state index in [1.807, 2.05) is 19.0 Å². The molecule has 0 aromatic heterocycles. The number of rotatable bonds is 6.